The molecule has 6 nitrogen and oxygen atoms in total. The minimum absolute atomic E-state index is 0.0536. The number of hydrazone groups is 1. The smallest absolute Gasteiger partial charge is 0.344 e. The van der Waals surface area contributed by atoms with Crippen molar-refractivity contribution < 1.29 is 14.3 Å². The molecule has 0 bridgehead atoms. The summed E-state index contributed by atoms with van der Waals surface area (Å²) in [6.45, 7) is 3.93. The molecule has 0 aliphatic carbocycles. The Balaban J connectivity index is 2.04. The summed E-state index contributed by atoms with van der Waals surface area (Å²) in [4.78, 5) is 22.2. The lowest BCUT2D eigenvalue weighted by Gasteiger charge is -2.05. The molecule has 0 atom stereocenters. The number of ether oxygens (including phenoxy) is 1. The Morgan fingerprint density at radius 2 is 2.32 bits per heavy atom. The molecule has 0 spiro atoms. The average molecular weight is 259 g/mol. The Bertz CT molecular complexity index is 540. The molecule has 1 heterocycles. The molecular weight excluding hydrogens is 246 g/mol. The Hall–Kier alpha value is -2.63. The van der Waals surface area contributed by atoms with Crippen LogP contribution in [-0.4, -0.2) is 36.3 Å². The highest BCUT2D eigenvalue weighted by Crippen LogP contribution is 2.12. The highest BCUT2D eigenvalue weighted by molar-refractivity contribution is 6.02. The molecule has 0 aromatic heterocycles. The van der Waals surface area contributed by atoms with Crippen LogP contribution in [-0.2, 0) is 4.79 Å². The summed E-state index contributed by atoms with van der Waals surface area (Å²) in [6.07, 6.45) is 3.15. The highest BCUT2D eigenvalue weighted by Gasteiger charge is 2.25. The van der Waals surface area contributed by atoms with Crippen molar-refractivity contribution in [3.8, 4) is 5.75 Å². The number of hydrogen-bond donors (Lipinski definition) is 1. The van der Waals surface area contributed by atoms with Gasteiger partial charge in [0.1, 0.15) is 18.9 Å². The number of carbonyl (C=O) groups excluding carboxylic acids is 2. The molecule has 3 amide bonds. The van der Waals surface area contributed by atoms with Gasteiger partial charge in [0.05, 0.1) is 6.21 Å². The van der Waals surface area contributed by atoms with Crippen LogP contribution in [0.25, 0.3) is 0 Å². The lowest BCUT2D eigenvalue weighted by molar-refractivity contribution is -0.118. The second kappa shape index (κ2) is 5.81. The number of carbonyl (C=O) groups is 2. The molecule has 1 saturated heterocycles. The van der Waals surface area contributed by atoms with E-state index in [-0.39, 0.29) is 12.5 Å². The molecule has 6 heteroatoms. The van der Waals surface area contributed by atoms with E-state index in [1.807, 2.05) is 18.2 Å². The van der Waals surface area contributed by atoms with Gasteiger partial charge >= 0.3 is 6.03 Å². The number of nitrogens with one attached hydrogen (secondary N) is 1. The van der Waals surface area contributed by atoms with Gasteiger partial charge in [-0.1, -0.05) is 24.8 Å². The van der Waals surface area contributed by atoms with Crippen LogP contribution < -0.4 is 10.1 Å². The number of rotatable bonds is 5. The Morgan fingerprint density at radius 3 is 3.00 bits per heavy atom. The number of amides is 3. The molecular formula is C13H13N3O3. The maximum atomic E-state index is 11.3. The monoisotopic (exact) mass is 259 g/mol. The molecule has 1 aromatic carbocycles. The summed E-state index contributed by atoms with van der Waals surface area (Å²) in [6, 6.07) is 6.71. The van der Waals surface area contributed by atoms with Gasteiger partial charge in [0, 0.05) is 0 Å². The van der Waals surface area contributed by atoms with Crippen molar-refractivity contribution in [2.75, 3.05) is 13.2 Å². The van der Waals surface area contributed by atoms with Crippen LogP contribution in [0.4, 0.5) is 4.79 Å². The van der Waals surface area contributed by atoms with Crippen LogP contribution in [0.2, 0.25) is 0 Å². The van der Waals surface area contributed by atoms with E-state index in [9.17, 15) is 9.59 Å². The molecule has 19 heavy (non-hydrogen) atoms. The molecule has 0 saturated carbocycles. The minimum Gasteiger partial charge on any atom is -0.490 e. The number of urea groups is 1. The number of hydrogen-bond acceptors (Lipinski definition) is 4. The van der Waals surface area contributed by atoms with Crippen LogP contribution in [0.3, 0.4) is 0 Å². The van der Waals surface area contributed by atoms with Gasteiger partial charge in [-0.05, 0) is 17.7 Å². The fourth-order valence-corrected chi connectivity index (χ4v) is 1.50. The topological polar surface area (TPSA) is 71.0 Å². The molecule has 1 aromatic rings. The predicted molar refractivity (Wildman–Crippen MR) is 70.0 cm³/mol. The van der Waals surface area contributed by atoms with E-state index >= 15 is 0 Å². The summed E-state index contributed by atoms with van der Waals surface area (Å²) < 4.78 is 5.38. The number of nitrogens with zero attached hydrogens (tertiary/aromatic N) is 2. The fourth-order valence-electron chi connectivity index (χ4n) is 1.50. The SMILES string of the molecule is C=CCOc1cccc(/C=N\N2CC(=O)NC2=O)c1. The summed E-state index contributed by atoms with van der Waals surface area (Å²) >= 11 is 0. The van der Waals surface area contributed by atoms with Crippen molar-refractivity contribution in [2.24, 2.45) is 5.10 Å². The predicted octanol–water partition coefficient (Wildman–Crippen LogP) is 1.14. The quantitative estimate of drug-likeness (QED) is 0.489. The van der Waals surface area contributed by atoms with Gasteiger partial charge in [-0.2, -0.15) is 5.10 Å². The van der Waals surface area contributed by atoms with E-state index in [1.54, 1.807) is 12.1 Å². The average Bonchev–Trinajstić information content (AvgIpc) is 2.73. The molecule has 2 rings (SSSR count). The highest BCUT2D eigenvalue weighted by atomic mass is 16.5. The van der Waals surface area contributed by atoms with Gasteiger partial charge in [-0.25, -0.2) is 9.80 Å². The summed E-state index contributed by atoms with van der Waals surface area (Å²) in [7, 11) is 0. The molecule has 1 N–H and O–H groups in total. The molecule has 0 radical (unpaired) electrons. The molecule has 1 aliphatic rings. The van der Waals surface area contributed by atoms with E-state index in [0.717, 1.165) is 10.6 Å². The van der Waals surface area contributed by atoms with Gasteiger partial charge in [0.15, 0.2) is 0 Å². The molecule has 1 fully saturated rings. The standard InChI is InChI=1S/C13H13N3O3/c1-2-6-19-11-5-3-4-10(7-11)8-14-16-9-12(17)15-13(16)18/h2-5,7-8H,1,6,9H2,(H,15,17,18)/b14-8-. The van der Waals surface area contributed by atoms with Crippen LogP contribution in [0.1, 0.15) is 5.56 Å². The van der Waals surface area contributed by atoms with Crippen molar-refractivity contribution in [1.82, 2.24) is 10.3 Å². The lowest BCUT2D eigenvalue weighted by Crippen LogP contribution is -2.24. The maximum Gasteiger partial charge on any atom is 0.344 e. The van der Waals surface area contributed by atoms with Crippen LogP contribution in [0, 0.1) is 0 Å². The maximum absolute atomic E-state index is 11.3. The third kappa shape index (κ3) is 3.41. The van der Waals surface area contributed by atoms with E-state index in [1.165, 1.54) is 6.21 Å². The molecule has 1 aliphatic heterocycles. The zero-order valence-corrected chi connectivity index (χ0v) is 10.2. The van der Waals surface area contributed by atoms with Gasteiger partial charge in [-0.3, -0.25) is 10.1 Å². The van der Waals surface area contributed by atoms with Crippen LogP contribution >= 0.6 is 0 Å². The summed E-state index contributed by atoms with van der Waals surface area (Å²) in [5.74, 6) is 0.330. The second-order valence-corrected chi connectivity index (χ2v) is 3.83. The normalized spacial score (nSPS) is 14.8. The first-order valence-corrected chi connectivity index (χ1v) is 5.68. The second-order valence-electron chi connectivity index (χ2n) is 3.83. The van der Waals surface area contributed by atoms with Gasteiger partial charge in [0.2, 0.25) is 5.91 Å². The molecule has 0 unspecified atom stereocenters. The van der Waals surface area contributed by atoms with Gasteiger partial charge in [0.25, 0.3) is 0 Å². The number of benzene rings is 1. The van der Waals surface area contributed by atoms with E-state index < -0.39 is 6.03 Å². The van der Waals surface area contributed by atoms with Crippen molar-refractivity contribution in [3.63, 3.8) is 0 Å². The lowest BCUT2D eigenvalue weighted by atomic mass is 10.2. The molecule has 98 valence electrons. The van der Waals surface area contributed by atoms with Gasteiger partial charge < -0.3 is 4.74 Å². The first-order valence-electron chi connectivity index (χ1n) is 5.68. The first kappa shape index (κ1) is 12.8. The van der Waals surface area contributed by atoms with Crippen molar-refractivity contribution in [2.45, 2.75) is 0 Å². The Labute approximate surface area is 110 Å². The van der Waals surface area contributed by atoms with E-state index in [4.69, 9.17) is 4.74 Å². The van der Waals surface area contributed by atoms with E-state index in [2.05, 4.69) is 17.0 Å². The van der Waals surface area contributed by atoms with Crippen molar-refractivity contribution in [3.05, 3.63) is 42.5 Å². The Morgan fingerprint density at radius 1 is 1.47 bits per heavy atom. The third-order valence-corrected chi connectivity index (χ3v) is 2.35. The minimum atomic E-state index is -0.514. The van der Waals surface area contributed by atoms with Crippen LogP contribution in [0.5, 0.6) is 5.75 Å². The first-order chi connectivity index (χ1) is 9.19. The van der Waals surface area contributed by atoms with Crippen molar-refractivity contribution >= 4 is 18.2 Å². The third-order valence-electron chi connectivity index (χ3n) is 2.35. The zero-order chi connectivity index (χ0) is 13.7. The van der Waals surface area contributed by atoms with E-state index in [0.29, 0.717) is 12.4 Å². The summed E-state index contributed by atoms with van der Waals surface area (Å²) in [5, 5.41) is 7.16. The largest absolute Gasteiger partial charge is 0.490 e. The fraction of sp³-hybridized carbons (Fsp3) is 0.154. The zero-order valence-electron chi connectivity index (χ0n) is 10.2. The Kier molecular flexibility index (Phi) is 3.92. The van der Waals surface area contributed by atoms with Crippen molar-refractivity contribution in [1.29, 1.82) is 0 Å². The number of imide groups is 1. The van der Waals surface area contributed by atoms with Gasteiger partial charge in [-0.15, -0.1) is 0 Å². The van der Waals surface area contributed by atoms with Crippen LogP contribution in [0.15, 0.2) is 42.0 Å². The summed E-state index contributed by atoms with van der Waals surface area (Å²) in [5.41, 5.74) is 0.772.